The molecule has 0 aliphatic rings. The fourth-order valence-electron chi connectivity index (χ4n) is 3.67. The van der Waals surface area contributed by atoms with Crippen LogP contribution in [-0.2, 0) is 4.79 Å². The minimum Gasteiger partial charge on any atom is -0.322 e. The molecule has 5 rings (SSSR count). The summed E-state index contributed by atoms with van der Waals surface area (Å²) >= 11 is 2.80. The zero-order chi connectivity index (χ0) is 24.0. The third-order valence-corrected chi connectivity index (χ3v) is 7.30. The summed E-state index contributed by atoms with van der Waals surface area (Å²) in [6.07, 6.45) is 1.66. The van der Waals surface area contributed by atoms with E-state index in [2.05, 4.69) is 15.6 Å². The molecule has 35 heavy (non-hydrogen) atoms. The van der Waals surface area contributed by atoms with E-state index >= 15 is 0 Å². The fourth-order valence-corrected chi connectivity index (χ4v) is 5.29. The lowest BCUT2D eigenvalue weighted by atomic mass is 10.1. The Morgan fingerprint density at radius 3 is 2.40 bits per heavy atom. The van der Waals surface area contributed by atoms with Crippen molar-refractivity contribution in [3.8, 4) is 0 Å². The number of carbonyl (C=O) groups excluding carboxylic acids is 2. The third-order valence-electron chi connectivity index (χ3n) is 5.36. The number of fused-ring (bicyclic) bond motifs is 1. The maximum Gasteiger partial charge on any atom is 0.255 e. The van der Waals surface area contributed by atoms with Gasteiger partial charge in [0.1, 0.15) is 5.25 Å². The number of aromatic nitrogens is 1. The lowest BCUT2D eigenvalue weighted by Gasteiger charge is -2.17. The molecule has 0 aliphatic carbocycles. The molecular weight excluding hydrogens is 474 g/mol. The van der Waals surface area contributed by atoms with E-state index in [1.54, 1.807) is 6.20 Å². The summed E-state index contributed by atoms with van der Waals surface area (Å²) in [6.45, 7) is 0. The van der Waals surface area contributed by atoms with E-state index in [0.29, 0.717) is 16.4 Å². The number of nitrogens with one attached hydrogen (secondary N) is 2. The molecule has 0 fully saturated rings. The van der Waals surface area contributed by atoms with Gasteiger partial charge in [-0.1, -0.05) is 66.7 Å². The Bertz CT molecular complexity index is 1470. The van der Waals surface area contributed by atoms with Crippen molar-refractivity contribution < 1.29 is 9.59 Å². The summed E-state index contributed by atoms with van der Waals surface area (Å²) in [7, 11) is 0. The Balaban J connectivity index is 1.35. The number of carbonyl (C=O) groups is 2. The molecule has 2 amide bonds. The quantitative estimate of drug-likeness (QED) is 0.238. The molecule has 0 bridgehead atoms. The number of benzene rings is 4. The van der Waals surface area contributed by atoms with Gasteiger partial charge in [0.05, 0.1) is 0 Å². The Labute approximate surface area is 211 Å². The number of hydrogen-bond donors (Lipinski definition) is 2. The van der Waals surface area contributed by atoms with Gasteiger partial charge in [-0.2, -0.15) is 0 Å². The first kappa shape index (κ1) is 22.8. The molecular formula is C28H21N3O2S2. The van der Waals surface area contributed by atoms with Gasteiger partial charge in [0.15, 0.2) is 5.13 Å². The van der Waals surface area contributed by atoms with Crippen LogP contribution in [0.15, 0.2) is 114 Å². The highest BCUT2D eigenvalue weighted by Gasteiger charge is 2.23. The number of rotatable bonds is 7. The zero-order valence-electron chi connectivity index (χ0n) is 18.5. The number of hydrogen-bond acceptors (Lipinski definition) is 5. The highest BCUT2D eigenvalue weighted by atomic mass is 32.2. The van der Waals surface area contributed by atoms with Crippen molar-refractivity contribution in [1.82, 2.24) is 4.98 Å². The van der Waals surface area contributed by atoms with Crippen LogP contribution in [0.2, 0.25) is 0 Å². The van der Waals surface area contributed by atoms with Crippen molar-refractivity contribution >= 4 is 56.5 Å². The minimum absolute atomic E-state index is 0.151. The summed E-state index contributed by atoms with van der Waals surface area (Å²) < 4.78 is 0. The van der Waals surface area contributed by atoms with Gasteiger partial charge in [-0.3, -0.25) is 9.59 Å². The molecule has 2 N–H and O–H groups in total. The van der Waals surface area contributed by atoms with E-state index in [0.717, 1.165) is 21.2 Å². The van der Waals surface area contributed by atoms with Gasteiger partial charge >= 0.3 is 0 Å². The molecule has 172 valence electrons. The second kappa shape index (κ2) is 10.5. The molecule has 0 saturated carbocycles. The van der Waals surface area contributed by atoms with E-state index in [1.165, 1.54) is 23.1 Å². The number of thiazole rings is 1. The van der Waals surface area contributed by atoms with Crippen LogP contribution < -0.4 is 10.6 Å². The summed E-state index contributed by atoms with van der Waals surface area (Å²) in [6, 6.07) is 30.8. The molecule has 0 saturated heterocycles. The van der Waals surface area contributed by atoms with Gasteiger partial charge in [0.25, 0.3) is 5.91 Å². The summed E-state index contributed by atoms with van der Waals surface area (Å²) in [5.74, 6) is -0.333. The van der Waals surface area contributed by atoms with Crippen LogP contribution in [0.25, 0.3) is 10.8 Å². The van der Waals surface area contributed by atoms with E-state index in [4.69, 9.17) is 0 Å². The first-order valence-corrected chi connectivity index (χ1v) is 12.7. The largest absolute Gasteiger partial charge is 0.322 e. The number of amides is 2. The van der Waals surface area contributed by atoms with Crippen LogP contribution >= 0.6 is 23.1 Å². The molecule has 1 unspecified atom stereocenters. The standard InChI is InChI=1S/C28H21N3O2S2/c32-26(22-14-13-19-7-4-5-10-21(19)17-22)30-23-11-6-12-24(18-23)35-25(20-8-2-1-3-9-20)27(33)31-28-29-15-16-34-28/h1-18,25H,(H,30,32)(H,29,31,33). The Morgan fingerprint density at radius 2 is 1.60 bits per heavy atom. The van der Waals surface area contributed by atoms with Crippen molar-refractivity contribution in [2.45, 2.75) is 10.1 Å². The molecule has 5 nitrogen and oxygen atoms in total. The Kier molecular flexibility index (Phi) is 6.88. The molecule has 1 atom stereocenters. The van der Waals surface area contributed by atoms with Crippen molar-refractivity contribution in [3.05, 3.63) is 120 Å². The summed E-state index contributed by atoms with van der Waals surface area (Å²) in [5, 5.41) is 9.89. The number of nitrogens with zero attached hydrogens (tertiary/aromatic N) is 1. The Morgan fingerprint density at radius 1 is 0.800 bits per heavy atom. The molecule has 0 spiro atoms. The van der Waals surface area contributed by atoms with Crippen molar-refractivity contribution in [2.24, 2.45) is 0 Å². The predicted molar refractivity (Wildman–Crippen MR) is 144 cm³/mol. The first-order valence-electron chi connectivity index (χ1n) is 11.0. The number of thioether (sulfide) groups is 1. The van der Waals surface area contributed by atoms with Crippen LogP contribution in [0.5, 0.6) is 0 Å². The molecule has 5 aromatic rings. The lowest BCUT2D eigenvalue weighted by molar-refractivity contribution is -0.115. The maximum atomic E-state index is 13.1. The maximum absolute atomic E-state index is 13.1. The molecule has 1 aromatic heterocycles. The third kappa shape index (κ3) is 5.59. The Hall–Kier alpha value is -3.94. The normalized spacial score (nSPS) is 11.7. The van der Waals surface area contributed by atoms with Crippen LogP contribution in [0.1, 0.15) is 21.2 Å². The SMILES string of the molecule is O=C(Nc1cccc(SC(C(=O)Nc2nccs2)c2ccccc2)c1)c1ccc2ccccc2c1. The highest BCUT2D eigenvalue weighted by Crippen LogP contribution is 2.37. The van der Waals surface area contributed by atoms with Gasteiger partial charge < -0.3 is 10.6 Å². The van der Waals surface area contributed by atoms with Gasteiger partial charge in [-0.25, -0.2) is 4.98 Å². The van der Waals surface area contributed by atoms with Gasteiger partial charge in [0.2, 0.25) is 5.91 Å². The van der Waals surface area contributed by atoms with Gasteiger partial charge in [-0.05, 0) is 46.7 Å². The van der Waals surface area contributed by atoms with Gasteiger partial charge in [0, 0.05) is 27.7 Å². The zero-order valence-corrected chi connectivity index (χ0v) is 20.2. The minimum atomic E-state index is -0.480. The van der Waals surface area contributed by atoms with E-state index in [9.17, 15) is 9.59 Å². The summed E-state index contributed by atoms with van der Waals surface area (Å²) in [5.41, 5.74) is 2.14. The fraction of sp³-hybridized carbons (Fsp3) is 0.0357. The van der Waals surface area contributed by atoms with Crippen molar-refractivity contribution in [3.63, 3.8) is 0 Å². The monoisotopic (exact) mass is 495 g/mol. The predicted octanol–water partition coefficient (Wildman–Crippen LogP) is 7.02. The van der Waals surface area contributed by atoms with Crippen LogP contribution in [0.4, 0.5) is 10.8 Å². The average Bonchev–Trinajstić information content (AvgIpc) is 3.40. The second-order valence-electron chi connectivity index (χ2n) is 7.78. The van der Waals surface area contributed by atoms with Crippen LogP contribution in [0.3, 0.4) is 0 Å². The second-order valence-corrected chi connectivity index (χ2v) is 9.85. The lowest BCUT2D eigenvalue weighted by Crippen LogP contribution is -2.19. The first-order chi connectivity index (χ1) is 17.2. The van der Waals surface area contributed by atoms with E-state index < -0.39 is 5.25 Å². The average molecular weight is 496 g/mol. The molecule has 1 heterocycles. The highest BCUT2D eigenvalue weighted by molar-refractivity contribution is 8.00. The topological polar surface area (TPSA) is 71.1 Å². The number of anilines is 2. The van der Waals surface area contributed by atoms with Crippen molar-refractivity contribution in [2.75, 3.05) is 10.6 Å². The summed E-state index contributed by atoms with van der Waals surface area (Å²) in [4.78, 5) is 31.1. The van der Waals surface area contributed by atoms with Gasteiger partial charge in [-0.15, -0.1) is 23.1 Å². The van der Waals surface area contributed by atoms with Crippen LogP contribution in [0, 0.1) is 0 Å². The van der Waals surface area contributed by atoms with E-state index in [1.807, 2.05) is 102 Å². The molecule has 0 aliphatic heterocycles. The smallest absolute Gasteiger partial charge is 0.255 e. The molecule has 4 aromatic carbocycles. The molecule has 0 radical (unpaired) electrons. The van der Waals surface area contributed by atoms with E-state index in [-0.39, 0.29) is 11.8 Å². The van der Waals surface area contributed by atoms with Crippen molar-refractivity contribution in [1.29, 1.82) is 0 Å². The van der Waals surface area contributed by atoms with Crippen LogP contribution in [-0.4, -0.2) is 16.8 Å². The molecule has 7 heteroatoms.